The van der Waals surface area contributed by atoms with Gasteiger partial charge < -0.3 is 15.1 Å². The van der Waals surface area contributed by atoms with Gasteiger partial charge in [-0.25, -0.2) is 0 Å². The van der Waals surface area contributed by atoms with Crippen molar-refractivity contribution in [2.75, 3.05) is 18.0 Å². The molecule has 0 aliphatic carbocycles. The maximum absolute atomic E-state index is 10.7. The predicted octanol–water partition coefficient (Wildman–Crippen LogP) is 2.68. The van der Waals surface area contributed by atoms with Crippen molar-refractivity contribution in [3.63, 3.8) is 0 Å². The monoisotopic (exact) mass is 279 g/mol. The number of carboxylic acid groups (broad SMARTS) is 1. The predicted molar refractivity (Wildman–Crippen MR) is 77.5 cm³/mol. The van der Waals surface area contributed by atoms with Gasteiger partial charge in [-0.3, -0.25) is 9.59 Å². The van der Waals surface area contributed by atoms with E-state index in [0.717, 1.165) is 31.6 Å². The van der Waals surface area contributed by atoms with Gasteiger partial charge in [-0.05, 0) is 31.9 Å². The second-order valence-electron chi connectivity index (χ2n) is 4.65. The van der Waals surface area contributed by atoms with Gasteiger partial charge in [-0.1, -0.05) is 6.42 Å². The molecule has 1 rings (SSSR count). The van der Waals surface area contributed by atoms with E-state index in [1.165, 1.54) is 0 Å². The zero-order chi connectivity index (χ0) is 15.0. The molecule has 0 aliphatic rings. The lowest BCUT2D eigenvalue weighted by atomic mass is 10.1. The van der Waals surface area contributed by atoms with Crippen LogP contribution in [0, 0.1) is 0 Å². The van der Waals surface area contributed by atoms with Gasteiger partial charge >= 0.3 is 5.97 Å². The summed E-state index contributed by atoms with van der Waals surface area (Å²) in [6.45, 7) is 3.61. The first kappa shape index (κ1) is 16.0. The maximum Gasteiger partial charge on any atom is 0.303 e. The molecule has 0 unspecified atom stereocenters. The number of aldehydes is 1. The van der Waals surface area contributed by atoms with E-state index in [1.54, 1.807) is 12.1 Å². The topological polar surface area (TPSA) is 77.8 Å². The van der Waals surface area contributed by atoms with E-state index in [1.807, 2.05) is 13.0 Å². The number of aromatic hydroxyl groups is 1. The Morgan fingerprint density at radius 1 is 1.30 bits per heavy atom. The summed E-state index contributed by atoms with van der Waals surface area (Å²) in [6.07, 6.45) is 3.28. The zero-order valence-electron chi connectivity index (χ0n) is 11.7. The quantitative estimate of drug-likeness (QED) is 0.537. The van der Waals surface area contributed by atoms with E-state index < -0.39 is 5.97 Å². The third kappa shape index (κ3) is 4.91. The summed E-state index contributed by atoms with van der Waals surface area (Å²) in [7, 11) is 0. The molecule has 0 atom stereocenters. The molecule has 0 radical (unpaired) electrons. The van der Waals surface area contributed by atoms with Crippen molar-refractivity contribution in [2.24, 2.45) is 0 Å². The zero-order valence-corrected chi connectivity index (χ0v) is 11.7. The summed E-state index contributed by atoms with van der Waals surface area (Å²) in [6, 6.07) is 5.00. The van der Waals surface area contributed by atoms with Crippen LogP contribution in [-0.4, -0.2) is 35.6 Å². The Morgan fingerprint density at radius 2 is 2.05 bits per heavy atom. The fraction of sp³-hybridized carbons (Fsp3) is 0.467. The number of aliphatic carboxylic acids is 1. The molecule has 2 N–H and O–H groups in total. The first-order chi connectivity index (χ1) is 9.58. The highest BCUT2D eigenvalue weighted by Gasteiger charge is 2.07. The number of carbonyl (C=O) groups is 2. The van der Waals surface area contributed by atoms with Gasteiger partial charge in [0, 0.05) is 31.3 Å². The average Bonchev–Trinajstić information content (AvgIpc) is 2.42. The molecule has 5 nitrogen and oxygen atoms in total. The number of hydrogen-bond donors (Lipinski definition) is 2. The molecule has 0 fully saturated rings. The Kier molecular flexibility index (Phi) is 6.56. The highest BCUT2D eigenvalue weighted by molar-refractivity contribution is 5.80. The Labute approximate surface area is 118 Å². The molecule has 0 saturated carbocycles. The Hall–Kier alpha value is -2.04. The van der Waals surface area contributed by atoms with Crippen LogP contribution in [0.5, 0.6) is 5.75 Å². The Balaban J connectivity index is 2.51. The number of rotatable bonds is 9. The summed E-state index contributed by atoms with van der Waals surface area (Å²) in [4.78, 5) is 23.2. The fourth-order valence-corrected chi connectivity index (χ4v) is 2.05. The largest absolute Gasteiger partial charge is 0.507 e. The molecule has 0 spiro atoms. The van der Waals surface area contributed by atoms with E-state index in [4.69, 9.17) is 5.11 Å². The van der Waals surface area contributed by atoms with Crippen LogP contribution >= 0.6 is 0 Å². The second-order valence-corrected chi connectivity index (χ2v) is 4.65. The number of phenolic OH excluding ortho intramolecular Hbond substituents is 1. The molecule has 0 amide bonds. The molecule has 0 saturated heterocycles. The summed E-state index contributed by atoms with van der Waals surface area (Å²) >= 11 is 0. The maximum atomic E-state index is 10.7. The van der Waals surface area contributed by atoms with Gasteiger partial charge in [-0.15, -0.1) is 0 Å². The SMILES string of the molecule is CCN(CCCCCC(=O)O)c1ccc(C=O)c(O)c1. The first-order valence-electron chi connectivity index (χ1n) is 6.83. The standard InChI is InChI=1S/C15H21NO4/c1-2-16(9-5-3-4-6-15(19)20)13-8-7-12(11-17)14(18)10-13/h7-8,10-11,18H,2-6,9H2,1H3,(H,19,20). The van der Waals surface area contributed by atoms with Crippen molar-refractivity contribution >= 4 is 17.9 Å². The van der Waals surface area contributed by atoms with Crippen LogP contribution in [0.3, 0.4) is 0 Å². The summed E-state index contributed by atoms with van der Waals surface area (Å²) in [5.41, 5.74) is 1.15. The van der Waals surface area contributed by atoms with Gasteiger partial charge in [0.15, 0.2) is 6.29 Å². The van der Waals surface area contributed by atoms with Crippen LogP contribution in [-0.2, 0) is 4.79 Å². The molecule has 1 aromatic rings. The van der Waals surface area contributed by atoms with Gasteiger partial charge in [0.05, 0.1) is 5.56 Å². The molecular weight excluding hydrogens is 258 g/mol. The fourth-order valence-electron chi connectivity index (χ4n) is 2.05. The summed E-state index contributed by atoms with van der Waals surface area (Å²) in [5, 5.41) is 18.2. The average molecular weight is 279 g/mol. The van der Waals surface area contributed by atoms with Crippen molar-refractivity contribution in [1.29, 1.82) is 0 Å². The van der Waals surface area contributed by atoms with Gasteiger partial charge in [-0.2, -0.15) is 0 Å². The lowest BCUT2D eigenvalue weighted by molar-refractivity contribution is -0.137. The molecule has 1 aromatic carbocycles. The second kappa shape index (κ2) is 8.19. The van der Waals surface area contributed by atoms with Crippen LogP contribution in [0.4, 0.5) is 5.69 Å². The summed E-state index contributed by atoms with van der Waals surface area (Å²) in [5.74, 6) is -0.770. The smallest absolute Gasteiger partial charge is 0.303 e. The van der Waals surface area contributed by atoms with E-state index >= 15 is 0 Å². The molecule has 110 valence electrons. The minimum Gasteiger partial charge on any atom is -0.507 e. The normalized spacial score (nSPS) is 10.2. The highest BCUT2D eigenvalue weighted by atomic mass is 16.4. The van der Waals surface area contributed by atoms with E-state index in [-0.39, 0.29) is 17.7 Å². The Bertz CT molecular complexity index is 459. The van der Waals surface area contributed by atoms with E-state index in [2.05, 4.69) is 4.90 Å². The van der Waals surface area contributed by atoms with Crippen LogP contribution < -0.4 is 4.90 Å². The molecule has 5 heteroatoms. The van der Waals surface area contributed by atoms with Crippen molar-refractivity contribution in [3.8, 4) is 5.75 Å². The minimum absolute atomic E-state index is 0.0122. The highest BCUT2D eigenvalue weighted by Crippen LogP contribution is 2.24. The number of benzene rings is 1. The first-order valence-corrected chi connectivity index (χ1v) is 6.83. The number of carboxylic acids is 1. The minimum atomic E-state index is -0.758. The number of hydrogen-bond acceptors (Lipinski definition) is 4. The number of phenols is 1. The number of unbranched alkanes of at least 4 members (excludes halogenated alkanes) is 2. The van der Waals surface area contributed by atoms with Crippen LogP contribution in [0.1, 0.15) is 43.0 Å². The van der Waals surface area contributed by atoms with E-state index in [0.29, 0.717) is 12.7 Å². The van der Waals surface area contributed by atoms with Crippen molar-refractivity contribution in [3.05, 3.63) is 23.8 Å². The number of carbonyl (C=O) groups excluding carboxylic acids is 1. The lowest BCUT2D eigenvalue weighted by Crippen LogP contribution is -2.23. The summed E-state index contributed by atoms with van der Waals surface area (Å²) < 4.78 is 0. The van der Waals surface area contributed by atoms with Crippen LogP contribution in [0.2, 0.25) is 0 Å². The van der Waals surface area contributed by atoms with Crippen molar-refractivity contribution < 1.29 is 19.8 Å². The molecule has 0 heterocycles. The third-order valence-corrected chi connectivity index (χ3v) is 3.21. The molecular formula is C15H21NO4. The van der Waals surface area contributed by atoms with Crippen molar-refractivity contribution in [2.45, 2.75) is 32.6 Å². The van der Waals surface area contributed by atoms with Gasteiger partial charge in [0.25, 0.3) is 0 Å². The van der Waals surface area contributed by atoms with E-state index in [9.17, 15) is 14.7 Å². The van der Waals surface area contributed by atoms with Crippen LogP contribution in [0.25, 0.3) is 0 Å². The molecule has 0 aliphatic heterocycles. The Morgan fingerprint density at radius 3 is 2.60 bits per heavy atom. The molecule has 0 bridgehead atoms. The van der Waals surface area contributed by atoms with Crippen molar-refractivity contribution in [1.82, 2.24) is 0 Å². The van der Waals surface area contributed by atoms with Gasteiger partial charge in [0.2, 0.25) is 0 Å². The number of anilines is 1. The molecule has 20 heavy (non-hydrogen) atoms. The molecule has 0 aromatic heterocycles. The lowest BCUT2D eigenvalue weighted by Gasteiger charge is -2.23. The van der Waals surface area contributed by atoms with Gasteiger partial charge in [0.1, 0.15) is 5.75 Å². The third-order valence-electron chi connectivity index (χ3n) is 3.21. The van der Waals surface area contributed by atoms with Crippen LogP contribution in [0.15, 0.2) is 18.2 Å². The number of nitrogens with zero attached hydrogens (tertiary/aromatic N) is 1.